The Kier molecular flexibility index (Phi) is 6.84. The fourth-order valence-corrected chi connectivity index (χ4v) is 4.05. The van der Waals surface area contributed by atoms with Crippen LogP contribution in [0.1, 0.15) is 12.8 Å². The Labute approximate surface area is 180 Å². The molecule has 0 bridgehead atoms. The fourth-order valence-electron chi connectivity index (χ4n) is 3.19. The predicted molar refractivity (Wildman–Crippen MR) is 118 cm³/mol. The van der Waals surface area contributed by atoms with Crippen molar-refractivity contribution in [2.24, 2.45) is 5.92 Å². The first kappa shape index (κ1) is 21.9. The number of nitrogens with one attached hydrogen (secondary N) is 3. The number of carbonyl (C=O) groups is 2. The van der Waals surface area contributed by atoms with E-state index in [1.165, 1.54) is 12.1 Å². The predicted octanol–water partition coefficient (Wildman–Crippen LogP) is 3.59. The molecule has 3 N–H and O–H groups in total. The number of anilines is 3. The Bertz CT molecular complexity index is 1020. The van der Waals surface area contributed by atoms with E-state index < -0.39 is 10.0 Å². The minimum absolute atomic E-state index is 0.155. The molecular weight excluding hydrogens is 428 g/mol. The Morgan fingerprint density at radius 1 is 1.00 bits per heavy atom. The molecule has 3 rings (SSSR count). The van der Waals surface area contributed by atoms with Crippen LogP contribution < -0.4 is 15.4 Å². The minimum Gasteiger partial charge on any atom is -0.326 e. The van der Waals surface area contributed by atoms with Gasteiger partial charge in [0.15, 0.2) is 0 Å². The van der Waals surface area contributed by atoms with Crippen LogP contribution in [0.15, 0.2) is 48.5 Å². The highest BCUT2D eigenvalue weighted by Crippen LogP contribution is 2.27. The normalized spacial score (nSPS) is 14.8. The number of para-hydroxylation sites is 1. The number of carbonyl (C=O) groups excluding carboxylic acids is 2. The number of likely N-dealkylation sites (tertiary alicyclic amines) is 1. The SMILES string of the molecule is CS(=O)(=O)Nc1ccc(NC(=O)C2CCN(C(=O)Nc3ccccc3)CC2)cc1Cl. The number of urea groups is 1. The number of hydrogen-bond donors (Lipinski definition) is 3. The maximum atomic E-state index is 12.6. The Morgan fingerprint density at radius 3 is 2.27 bits per heavy atom. The summed E-state index contributed by atoms with van der Waals surface area (Å²) < 4.78 is 25.0. The Balaban J connectivity index is 1.52. The standard InChI is InChI=1S/C20H23ClN4O4S/c1-30(28,29)24-18-8-7-16(13-17(18)21)22-19(26)14-9-11-25(12-10-14)20(27)23-15-5-3-2-4-6-15/h2-8,13-14,24H,9-12H2,1H3,(H,22,26)(H,23,27). The van der Waals surface area contributed by atoms with Crippen LogP contribution in [0.3, 0.4) is 0 Å². The Morgan fingerprint density at radius 2 is 1.67 bits per heavy atom. The van der Waals surface area contributed by atoms with Crippen LogP contribution in [-0.2, 0) is 14.8 Å². The summed E-state index contributed by atoms with van der Waals surface area (Å²) in [7, 11) is -3.44. The van der Waals surface area contributed by atoms with Gasteiger partial charge in [-0.1, -0.05) is 29.8 Å². The molecule has 0 spiro atoms. The zero-order chi connectivity index (χ0) is 21.7. The van der Waals surface area contributed by atoms with Crippen LogP contribution in [0.25, 0.3) is 0 Å². The number of hydrogen-bond acceptors (Lipinski definition) is 4. The summed E-state index contributed by atoms with van der Waals surface area (Å²) in [6.07, 6.45) is 2.14. The maximum Gasteiger partial charge on any atom is 0.321 e. The number of benzene rings is 2. The molecule has 1 heterocycles. The van der Waals surface area contributed by atoms with E-state index in [9.17, 15) is 18.0 Å². The van der Waals surface area contributed by atoms with Gasteiger partial charge in [0.05, 0.1) is 17.0 Å². The lowest BCUT2D eigenvalue weighted by Gasteiger charge is -2.31. The highest BCUT2D eigenvalue weighted by atomic mass is 35.5. The van der Waals surface area contributed by atoms with Gasteiger partial charge in [-0.05, 0) is 43.2 Å². The first-order valence-electron chi connectivity index (χ1n) is 9.40. The van der Waals surface area contributed by atoms with Gasteiger partial charge >= 0.3 is 6.03 Å². The molecule has 3 amide bonds. The molecule has 1 aliphatic heterocycles. The zero-order valence-corrected chi connectivity index (χ0v) is 18.0. The van der Waals surface area contributed by atoms with E-state index in [2.05, 4.69) is 15.4 Å². The molecule has 0 radical (unpaired) electrons. The second-order valence-corrected chi connectivity index (χ2v) is 9.27. The highest BCUT2D eigenvalue weighted by molar-refractivity contribution is 7.92. The van der Waals surface area contributed by atoms with Gasteiger partial charge in [-0.15, -0.1) is 0 Å². The van der Waals surface area contributed by atoms with Crippen LogP contribution in [0.5, 0.6) is 0 Å². The van der Waals surface area contributed by atoms with E-state index in [4.69, 9.17) is 11.6 Å². The Hall–Kier alpha value is -2.78. The van der Waals surface area contributed by atoms with E-state index in [-0.39, 0.29) is 28.6 Å². The molecule has 1 aliphatic rings. The van der Waals surface area contributed by atoms with Gasteiger partial charge in [0, 0.05) is 30.4 Å². The van der Waals surface area contributed by atoms with Crippen molar-refractivity contribution < 1.29 is 18.0 Å². The number of sulfonamides is 1. The van der Waals surface area contributed by atoms with Gasteiger partial charge < -0.3 is 15.5 Å². The molecule has 2 aromatic carbocycles. The first-order chi connectivity index (χ1) is 14.2. The van der Waals surface area contributed by atoms with E-state index in [0.717, 1.165) is 11.9 Å². The number of halogens is 1. The van der Waals surface area contributed by atoms with Crippen LogP contribution >= 0.6 is 11.6 Å². The molecule has 2 aromatic rings. The van der Waals surface area contributed by atoms with Crippen molar-refractivity contribution in [3.05, 3.63) is 53.6 Å². The lowest BCUT2D eigenvalue weighted by Crippen LogP contribution is -2.43. The minimum atomic E-state index is -3.44. The molecule has 0 unspecified atom stereocenters. The maximum absolute atomic E-state index is 12.6. The third-order valence-electron chi connectivity index (χ3n) is 4.71. The summed E-state index contributed by atoms with van der Waals surface area (Å²) in [5.41, 5.74) is 1.45. The summed E-state index contributed by atoms with van der Waals surface area (Å²) in [6, 6.07) is 13.6. The van der Waals surface area contributed by atoms with Gasteiger partial charge in [0.1, 0.15) is 0 Å². The number of nitrogens with zero attached hydrogens (tertiary/aromatic N) is 1. The summed E-state index contributed by atoms with van der Waals surface area (Å²) in [5, 5.41) is 5.84. The fraction of sp³-hybridized carbons (Fsp3) is 0.300. The van der Waals surface area contributed by atoms with Crippen molar-refractivity contribution in [3.63, 3.8) is 0 Å². The van der Waals surface area contributed by atoms with Gasteiger partial charge in [-0.25, -0.2) is 13.2 Å². The summed E-state index contributed by atoms with van der Waals surface area (Å²) in [4.78, 5) is 26.6. The lowest BCUT2D eigenvalue weighted by atomic mass is 9.96. The third kappa shape index (κ3) is 6.11. The molecule has 8 nitrogen and oxygen atoms in total. The van der Waals surface area contributed by atoms with E-state index in [1.807, 2.05) is 30.3 Å². The third-order valence-corrected chi connectivity index (χ3v) is 5.61. The number of amides is 3. The van der Waals surface area contributed by atoms with E-state index in [0.29, 0.717) is 31.6 Å². The largest absolute Gasteiger partial charge is 0.326 e. The summed E-state index contributed by atoms with van der Waals surface area (Å²) in [5.74, 6) is -0.378. The van der Waals surface area contributed by atoms with Crippen molar-refractivity contribution in [2.45, 2.75) is 12.8 Å². The van der Waals surface area contributed by atoms with Gasteiger partial charge in [0.2, 0.25) is 15.9 Å². The van der Waals surface area contributed by atoms with Crippen molar-refractivity contribution in [3.8, 4) is 0 Å². The lowest BCUT2D eigenvalue weighted by molar-refractivity contribution is -0.121. The first-order valence-corrected chi connectivity index (χ1v) is 11.7. The molecule has 0 atom stereocenters. The molecule has 160 valence electrons. The zero-order valence-electron chi connectivity index (χ0n) is 16.4. The molecule has 1 fully saturated rings. The van der Waals surface area contributed by atoms with Crippen LogP contribution in [0.2, 0.25) is 5.02 Å². The van der Waals surface area contributed by atoms with Gasteiger partial charge in [-0.2, -0.15) is 0 Å². The van der Waals surface area contributed by atoms with Crippen molar-refractivity contribution in [1.29, 1.82) is 0 Å². The smallest absolute Gasteiger partial charge is 0.321 e. The quantitative estimate of drug-likeness (QED) is 0.646. The second kappa shape index (κ2) is 9.36. The summed E-state index contributed by atoms with van der Waals surface area (Å²) >= 11 is 6.10. The van der Waals surface area contributed by atoms with Crippen molar-refractivity contribution >= 4 is 50.6 Å². The molecular formula is C20H23ClN4O4S. The topological polar surface area (TPSA) is 108 Å². The monoisotopic (exact) mass is 450 g/mol. The average molecular weight is 451 g/mol. The number of piperidine rings is 1. The van der Waals surface area contributed by atoms with Crippen LogP contribution in [0.4, 0.5) is 21.9 Å². The van der Waals surface area contributed by atoms with Crippen LogP contribution in [-0.4, -0.2) is 44.6 Å². The second-order valence-electron chi connectivity index (χ2n) is 7.12. The number of rotatable bonds is 5. The molecule has 10 heteroatoms. The van der Waals surface area contributed by atoms with Crippen molar-refractivity contribution in [2.75, 3.05) is 34.7 Å². The average Bonchev–Trinajstić information content (AvgIpc) is 2.70. The highest BCUT2D eigenvalue weighted by Gasteiger charge is 2.27. The molecule has 1 saturated heterocycles. The molecule has 0 saturated carbocycles. The van der Waals surface area contributed by atoms with Crippen molar-refractivity contribution in [1.82, 2.24) is 4.90 Å². The van der Waals surface area contributed by atoms with E-state index >= 15 is 0 Å². The van der Waals surface area contributed by atoms with Gasteiger partial charge in [-0.3, -0.25) is 9.52 Å². The van der Waals surface area contributed by atoms with Crippen LogP contribution in [0, 0.1) is 5.92 Å². The molecule has 0 aromatic heterocycles. The van der Waals surface area contributed by atoms with Gasteiger partial charge in [0.25, 0.3) is 0 Å². The van der Waals surface area contributed by atoms with E-state index in [1.54, 1.807) is 11.0 Å². The summed E-state index contributed by atoms with van der Waals surface area (Å²) in [6.45, 7) is 0.962. The molecule has 30 heavy (non-hydrogen) atoms. The molecule has 0 aliphatic carbocycles.